The number of anilines is 2. The van der Waals surface area contributed by atoms with Gasteiger partial charge in [0, 0.05) is 123 Å². The van der Waals surface area contributed by atoms with Crippen molar-refractivity contribution in [3.63, 3.8) is 0 Å². The fourth-order valence-electron chi connectivity index (χ4n) is 9.54. The van der Waals surface area contributed by atoms with Crippen LogP contribution in [0.15, 0.2) is 143 Å². The molecule has 8 aromatic rings. The molecule has 18 nitrogen and oxygen atoms in total. The van der Waals surface area contributed by atoms with Crippen molar-refractivity contribution in [2.45, 2.75) is 37.8 Å². The summed E-state index contributed by atoms with van der Waals surface area (Å²) in [5.74, 6) is -1.67. The van der Waals surface area contributed by atoms with Gasteiger partial charge in [0.15, 0.2) is 0 Å². The quantitative estimate of drug-likeness (QED) is 0.153. The molecule has 2 saturated heterocycles. The summed E-state index contributed by atoms with van der Waals surface area (Å²) in [6.45, 7) is 4.17. The maximum atomic E-state index is 13.8. The molecule has 0 saturated carbocycles. The molecule has 0 unspecified atom stereocenters. The SMILES string of the molecule is CC(=O)O.CC(=O)O.COC(=O)N1CC2(C1)C(=O)N(Cc1ncc3ccccc3c1-c1cncs1)c1ccccc12.COC(=O)N1CC2(C1)C(=O)N(Cc1ncc3ccccc3c1Br)c1ccccc12.[Pd].c1cscn1. The number of nitrogens with zero attached hydrogens (tertiary/aromatic N) is 8. The van der Waals surface area contributed by atoms with Crippen LogP contribution >= 0.6 is 38.6 Å². The molecule has 0 radical (unpaired) electrons. The van der Waals surface area contributed by atoms with Crippen molar-refractivity contribution in [2.24, 2.45) is 0 Å². The first kappa shape index (κ1) is 56.3. The number of thiazole rings is 2. The van der Waals surface area contributed by atoms with Crippen molar-refractivity contribution in [1.82, 2.24) is 29.7 Å². The van der Waals surface area contributed by atoms with Crippen molar-refractivity contribution in [3.05, 3.63) is 165 Å². The van der Waals surface area contributed by atoms with Gasteiger partial charge in [-0.05, 0) is 50.0 Å². The number of rotatable bonds is 5. The molecule has 394 valence electrons. The first-order valence-corrected chi connectivity index (χ1v) is 25.7. The molecule has 8 heterocycles. The van der Waals surface area contributed by atoms with Crippen molar-refractivity contribution < 1.29 is 68.9 Å². The van der Waals surface area contributed by atoms with E-state index in [0.717, 1.165) is 84.2 Å². The molecule has 4 aliphatic rings. The van der Waals surface area contributed by atoms with Crippen molar-refractivity contribution in [2.75, 3.05) is 50.2 Å². The van der Waals surface area contributed by atoms with Crippen molar-refractivity contribution in [1.29, 1.82) is 0 Å². The average Bonchev–Trinajstić information content (AvgIpc) is 4.24. The number of pyridine rings is 2. The number of ether oxygens (including phenoxy) is 2. The van der Waals surface area contributed by atoms with Gasteiger partial charge in [0.05, 0.1) is 54.6 Å². The largest absolute Gasteiger partial charge is 0.481 e. The molecule has 0 bridgehead atoms. The zero-order chi connectivity index (χ0) is 53.4. The monoisotopic (exact) mass is 1220 g/mol. The van der Waals surface area contributed by atoms with Crippen LogP contribution in [0.2, 0.25) is 0 Å². The predicted octanol–water partition coefficient (Wildman–Crippen LogP) is 9.41. The number of amides is 4. The van der Waals surface area contributed by atoms with Crippen LogP contribution in [0, 0.1) is 0 Å². The van der Waals surface area contributed by atoms with Crippen LogP contribution in [-0.4, -0.2) is 116 Å². The van der Waals surface area contributed by atoms with E-state index in [0.29, 0.717) is 39.3 Å². The van der Waals surface area contributed by atoms with Crippen molar-refractivity contribution >= 4 is 107 Å². The second-order valence-corrected chi connectivity index (χ2v) is 19.9. The summed E-state index contributed by atoms with van der Waals surface area (Å²) in [6, 6.07) is 31.8. The van der Waals surface area contributed by atoms with E-state index in [1.165, 1.54) is 14.2 Å². The van der Waals surface area contributed by atoms with Gasteiger partial charge in [0.25, 0.3) is 11.9 Å². The maximum absolute atomic E-state index is 13.8. The van der Waals surface area contributed by atoms with E-state index in [4.69, 9.17) is 34.3 Å². The number of benzene rings is 4. The van der Waals surface area contributed by atoms with Gasteiger partial charge in [-0.25, -0.2) is 9.59 Å². The molecule has 2 N–H and O–H groups in total. The van der Waals surface area contributed by atoms with Crippen LogP contribution in [0.4, 0.5) is 21.0 Å². The number of hydrogen-bond donors (Lipinski definition) is 2. The minimum atomic E-state index is -0.833. The fourth-order valence-corrected chi connectivity index (χ4v) is 11.2. The second kappa shape index (κ2) is 24.5. The Morgan fingerprint density at radius 1 is 0.632 bits per heavy atom. The number of halogens is 1. The van der Waals surface area contributed by atoms with Gasteiger partial charge >= 0.3 is 12.2 Å². The number of carboxylic acid groups (broad SMARTS) is 2. The molecule has 76 heavy (non-hydrogen) atoms. The number of fused-ring (bicyclic) bond motifs is 6. The molecule has 4 aliphatic heterocycles. The van der Waals surface area contributed by atoms with E-state index in [-0.39, 0.29) is 32.2 Å². The van der Waals surface area contributed by atoms with E-state index < -0.39 is 35.0 Å². The second-order valence-electron chi connectivity index (χ2n) is 17.5. The first-order chi connectivity index (χ1) is 36.1. The summed E-state index contributed by atoms with van der Waals surface area (Å²) in [5, 5.41) is 21.0. The van der Waals surface area contributed by atoms with Crippen LogP contribution in [0.1, 0.15) is 36.4 Å². The Morgan fingerprint density at radius 2 is 1.08 bits per heavy atom. The molecule has 4 aromatic carbocycles. The number of aliphatic carboxylic acids is 2. The predicted molar refractivity (Wildman–Crippen MR) is 288 cm³/mol. The third kappa shape index (κ3) is 11.4. The number of aromatic nitrogens is 4. The third-order valence-corrected chi connectivity index (χ3v) is 15.0. The summed E-state index contributed by atoms with van der Waals surface area (Å²) in [4.78, 5) is 94.3. The van der Waals surface area contributed by atoms with Gasteiger partial charge in [-0.2, -0.15) is 0 Å². The van der Waals surface area contributed by atoms with Crippen LogP contribution < -0.4 is 9.80 Å². The Kier molecular flexibility index (Phi) is 18.1. The van der Waals surface area contributed by atoms with E-state index >= 15 is 0 Å². The Balaban J connectivity index is 0.000000178. The summed E-state index contributed by atoms with van der Waals surface area (Å²) in [5.41, 5.74) is 8.46. The standard InChI is InChI=1S/C25H20N4O3S.C22H18BrN3O3.C3H3NS.2C2H4O2.Pd/c1-32-24(31)28-13-25(14-28)18-8-4-5-9-20(18)29(23(25)30)12-19-22(21-11-26-15-33-21)17-7-3-2-6-16(17)10-27-19;1-29-21(28)25-12-22(13-25)16-8-4-5-9-18(16)26(20(22)27)11-17-19(23)15-7-3-2-6-14(15)10-24-17;1-2-5-3-4-1;2*1-2(3)4;/h2-11,15H,12-14H2,1H3;2-10H,11-13H2,1H3;1-3H;2*1H3,(H,3,4);. The van der Waals surface area contributed by atoms with Crippen LogP contribution in [0.25, 0.3) is 32.0 Å². The smallest absolute Gasteiger partial charge is 0.409 e. The molecular weight excluding hydrogens is 1170 g/mol. The van der Waals surface area contributed by atoms with E-state index in [9.17, 15) is 19.2 Å². The molecular formula is C54H49BrN8O10PdS2. The molecule has 12 rings (SSSR count). The summed E-state index contributed by atoms with van der Waals surface area (Å²) >= 11 is 6.84. The van der Waals surface area contributed by atoms with Gasteiger partial charge in [-0.15, -0.1) is 22.7 Å². The molecule has 22 heteroatoms. The number of methoxy groups -OCH3 is 2. The zero-order valence-electron chi connectivity index (χ0n) is 41.3. The summed E-state index contributed by atoms with van der Waals surface area (Å²) < 4.78 is 10.5. The Morgan fingerprint density at radius 3 is 1.53 bits per heavy atom. The Labute approximate surface area is 466 Å². The van der Waals surface area contributed by atoms with Gasteiger partial charge < -0.3 is 39.3 Å². The van der Waals surface area contributed by atoms with Gasteiger partial charge in [0.1, 0.15) is 10.8 Å². The molecule has 4 aromatic heterocycles. The first-order valence-electron chi connectivity index (χ1n) is 23.1. The zero-order valence-corrected chi connectivity index (χ0v) is 46.0. The summed E-state index contributed by atoms with van der Waals surface area (Å²) in [7, 11) is 2.71. The van der Waals surface area contributed by atoms with E-state index in [1.807, 2.05) is 125 Å². The number of carbonyl (C=O) groups is 6. The Bertz CT molecular complexity index is 3370. The average molecular weight is 1220 g/mol. The molecule has 0 atom stereocenters. The number of likely N-dealkylation sites (tertiary alicyclic amines) is 2. The summed E-state index contributed by atoms with van der Waals surface area (Å²) in [6.07, 6.45) is 6.50. The van der Waals surface area contributed by atoms with Crippen LogP contribution in [0.5, 0.6) is 0 Å². The molecule has 0 aliphatic carbocycles. The third-order valence-electron chi connectivity index (χ3n) is 12.8. The fraction of sp³-hybridized carbons (Fsp3) is 0.222. The number of para-hydroxylation sites is 2. The van der Waals surface area contributed by atoms with Gasteiger partial charge in [-0.3, -0.25) is 39.1 Å². The van der Waals surface area contributed by atoms with E-state index in [2.05, 4.69) is 36.9 Å². The normalized spacial score (nSPS) is 14.6. The molecule has 2 fully saturated rings. The van der Waals surface area contributed by atoms with Gasteiger partial charge in [0.2, 0.25) is 11.8 Å². The number of carboxylic acids is 2. The van der Waals surface area contributed by atoms with Crippen LogP contribution in [-0.2, 0) is 73.0 Å². The topological polar surface area (TPSA) is 226 Å². The van der Waals surface area contributed by atoms with Gasteiger partial charge in [-0.1, -0.05) is 84.9 Å². The number of hydrogen-bond acceptors (Lipinski definition) is 14. The minimum absolute atomic E-state index is 0. The molecule has 2 spiro atoms. The number of carbonyl (C=O) groups excluding carboxylic acids is 4. The van der Waals surface area contributed by atoms with E-state index in [1.54, 1.807) is 49.1 Å². The minimum Gasteiger partial charge on any atom is -0.481 e. The Hall–Kier alpha value is -7.48. The van der Waals surface area contributed by atoms with Crippen molar-refractivity contribution in [3.8, 4) is 10.4 Å². The maximum Gasteiger partial charge on any atom is 0.409 e. The molecule has 4 amide bonds. The van der Waals surface area contributed by atoms with Crippen LogP contribution in [0.3, 0.4) is 0 Å².